The maximum atomic E-state index is 6.10. The number of halogens is 1. The van der Waals surface area contributed by atoms with E-state index in [0.29, 0.717) is 11.3 Å². The molecule has 0 bridgehead atoms. The number of alkyl halides is 1. The van der Waals surface area contributed by atoms with Gasteiger partial charge in [0.1, 0.15) is 0 Å². The monoisotopic (exact) mass is 156 g/mol. The van der Waals surface area contributed by atoms with Crippen LogP contribution in [0.3, 0.4) is 0 Å². The normalized spacial score (nSPS) is 40.4. The van der Waals surface area contributed by atoms with Crippen molar-refractivity contribution < 1.29 is 0 Å². The number of rotatable bonds is 2. The van der Waals surface area contributed by atoms with Gasteiger partial charge in [-0.25, -0.2) is 0 Å². The Morgan fingerprint density at radius 1 is 1.50 bits per heavy atom. The SMILES string of the molecule is [B]CCC1C(C)CCC1Cl. The largest absolute Gasteiger partial charge is 0.123 e. The van der Waals surface area contributed by atoms with Gasteiger partial charge in [-0.3, -0.25) is 0 Å². The first-order chi connectivity index (χ1) is 4.75. The third kappa shape index (κ3) is 1.69. The Bertz CT molecular complexity index is 95.4. The molecule has 0 saturated heterocycles. The molecule has 0 N–H and O–H groups in total. The summed E-state index contributed by atoms with van der Waals surface area (Å²) in [5.74, 6) is 1.48. The first-order valence-electron chi connectivity index (χ1n) is 4.10. The summed E-state index contributed by atoms with van der Waals surface area (Å²) < 4.78 is 0. The Kier molecular flexibility index (Phi) is 3.09. The highest BCUT2D eigenvalue weighted by molar-refractivity contribution is 6.21. The van der Waals surface area contributed by atoms with Gasteiger partial charge >= 0.3 is 0 Å². The zero-order valence-corrected chi connectivity index (χ0v) is 7.27. The molecule has 1 rings (SSSR count). The van der Waals surface area contributed by atoms with Crippen molar-refractivity contribution >= 4 is 19.4 Å². The van der Waals surface area contributed by atoms with E-state index in [0.717, 1.165) is 18.7 Å². The lowest BCUT2D eigenvalue weighted by atomic mass is 9.87. The second-order valence-electron chi connectivity index (χ2n) is 3.31. The van der Waals surface area contributed by atoms with E-state index in [9.17, 15) is 0 Å². The standard InChI is InChI=1S/C8H14BCl/c1-6-2-3-8(10)7(6)4-5-9/h6-8H,2-5H2,1H3. The highest BCUT2D eigenvalue weighted by atomic mass is 35.5. The summed E-state index contributed by atoms with van der Waals surface area (Å²) in [5.41, 5.74) is 0. The number of hydrogen-bond acceptors (Lipinski definition) is 0. The molecular formula is C8H14BCl. The Morgan fingerprint density at radius 3 is 2.60 bits per heavy atom. The Labute approximate surface area is 69.7 Å². The van der Waals surface area contributed by atoms with E-state index in [1.165, 1.54) is 12.8 Å². The highest BCUT2D eigenvalue weighted by Crippen LogP contribution is 2.37. The van der Waals surface area contributed by atoms with E-state index in [1.807, 2.05) is 0 Å². The van der Waals surface area contributed by atoms with E-state index in [4.69, 9.17) is 19.4 Å². The van der Waals surface area contributed by atoms with Crippen molar-refractivity contribution in [3.8, 4) is 0 Å². The molecular weight excluding hydrogens is 142 g/mol. The summed E-state index contributed by atoms with van der Waals surface area (Å²) >= 11 is 6.10. The van der Waals surface area contributed by atoms with Crippen LogP contribution >= 0.6 is 11.6 Å². The summed E-state index contributed by atoms with van der Waals surface area (Å²) in [6.07, 6.45) is 4.37. The minimum absolute atomic E-state index is 0.401. The third-order valence-corrected chi connectivity index (χ3v) is 3.14. The van der Waals surface area contributed by atoms with Gasteiger partial charge in [0, 0.05) is 5.38 Å². The van der Waals surface area contributed by atoms with E-state index >= 15 is 0 Å². The van der Waals surface area contributed by atoms with E-state index in [1.54, 1.807) is 0 Å². The average Bonchev–Trinajstić information content (AvgIpc) is 2.20. The maximum Gasteiger partial charge on any atom is 0.0653 e. The molecule has 0 spiro atoms. The molecule has 3 atom stereocenters. The van der Waals surface area contributed by atoms with Crippen molar-refractivity contribution in [1.82, 2.24) is 0 Å². The molecule has 10 heavy (non-hydrogen) atoms. The third-order valence-electron chi connectivity index (χ3n) is 2.59. The van der Waals surface area contributed by atoms with Crippen LogP contribution in [0.25, 0.3) is 0 Å². The van der Waals surface area contributed by atoms with Crippen LogP contribution in [0.1, 0.15) is 26.2 Å². The molecule has 1 aliphatic rings. The van der Waals surface area contributed by atoms with Gasteiger partial charge in [-0.1, -0.05) is 19.7 Å². The van der Waals surface area contributed by atoms with E-state index < -0.39 is 0 Å². The first kappa shape index (κ1) is 8.45. The minimum Gasteiger partial charge on any atom is -0.123 e. The first-order valence-corrected chi connectivity index (χ1v) is 4.53. The maximum absolute atomic E-state index is 6.10. The Morgan fingerprint density at radius 2 is 2.20 bits per heavy atom. The zero-order valence-electron chi connectivity index (χ0n) is 6.52. The molecule has 3 unspecified atom stereocenters. The van der Waals surface area contributed by atoms with E-state index in [2.05, 4.69) is 6.92 Å². The van der Waals surface area contributed by atoms with Gasteiger partial charge in [-0.05, 0) is 24.7 Å². The quantitative estimate of drug-likeness (QED) is 0.426. The van der Waals surface area contributed by atoms with Crippen molar-refractivity contribution in [3.63, 3.8) is 0 Å². The predicted octanol–water partition coefficient (Wildman–Crippen LogP) is 2.62. The summed E-state index contributed by atoms with van der Waals surface area (Å²) in [6.45, 7) is 2.28. The molecule has 0 aliphatic heterocycles. The Hall–Kier alpha value is 0.355. The lowest BCUT2D eigenvalue weighted by Crippen LogP contribution is -2.12. The topological polar surface area (TPSA) is 0 Å². The molecule has 1 fully saturated rings. The molecule has 56 valence electrons. The van der Waals surface area contributed by atoms with Gasteiger partial charge in [0.15, 0.2) is 0 Å². The predicted molar refractivity (Wildman–Crippen MR) is 46.7 cm³/mol. The molecule has 1 saturated carbocycles. The van der Waals surface area contributed by atoms with Crippen molar-refractivity contribution in [2.45, 2.75) is 37.9 Å². The molecule has 1 aliphatic carbocycles. The molecule has 0 aromatic carbocycles. The van der Waals surface area contributed by atoms with Crippen LogP contribution in [0.4, 0.5) is 0 Å². The summed E-state index contributed by atoms with van der Waals surface area (Å²) in [7, 11) is 5.47. The number of hydrogen-bond donors (Lipinski definition) is 0. The lowest BCUT2D eigenvalue weighted by molar-refractivity contribution is 0.411. The summed E-state index contributed by atoms with van der Waals surface area (Å²) in [6, 6.07) is 0. The van der Waals surface area contributed by atoms with Crippen molar-refractivity contribution in [3.05, 3.63) is 0 Å². The highest BCUT2D eigenvalue weighted by Gasteiger charge is 2.30. The molecule has 0 aromatic rings. The lowest BCUT2D eigenvalue weighted by Gasteiger charge is -2.16. The molecule has 2 heteroatoms. The molecule has 0 nitrogen and oxygen atoms in total. The van der Waals surface area contributed by atoms with Gasteiger partial charge < -0.3 is 0 Å². The smallest absolute Gasteiger partial charge is 0.0653 e. The Balaban J connectivity index is 2.38. The summed E-state index contributed by atoms with van der Waals surface area (Å²) in [5, 5.41) is 0.401. The fourth-order valence-electron chi connectivity index (χ4n) is 1.86. The van der Waals surface area contributed by atoms with Gasteiger partial charge in [-0.15, -0.1) is 11.6 Å². The van der Waals surface area contributed by atoms with Crippen LogP contribution < -0.4 is 0 Å². The van der Waals surface area contributed by atoms with Gasteiger partial charge in [-0.2, -0.15) is 0 Å². The average molecular weight is 156 g/mol. The zero-order chi connectivity index (χ0) is 7.56. The van der Waals surface area contributed by atoms with Crippen molar-refractivity contribution in [1.29, 1.82) is 0 Å². The molecule has 0 heterocycles. The van der Waals surface area contributed by atoms with Crippen LogP contribution in [0.5, 0.6) is 0 Å². The summed E-state index contributed by atoms with van der Waals surface area (Å²) in [4.78, 5) is 0. The van der Waals surface area contributed by atoms with Gasteiger partial charge in [0.25, 0.3) is 0 Å². The molecule has 2 radical (unpaired) electrons. The van der Waals surface area contributed by atoms with Crippen LogP contribution in [-0.4, -0.2) is 13.2 Å². The van der Waals surface area contributed by atoms with Crippen molar-refractivity contribution in [2.75, 3.05) is 0 Å². The van der Waals surface area contributed by atoms with Crippen LogP contribution in [0, 0.1) is 11.8 Å². The minimum atomic E-state index is 0.401. The van der Waals surface area contributed by atoms with Crippen molar-refractivity contribution in [2.24, 2.45) is 11.8 Å². The van der Waals surface area contributed by atoms with Crippen LogP contribution in [0.2, 0.25) is 6.32 Å². The van der Waals surface area contributed by atoms with Crippen LogP contribution in [0.15, 0.2) is 0 Å². The van der Waals surface area contributed by atoms with Gasteiger partial charge in [0.2, 0.25) is 0 Å². The molecule has 0 aromatic heterocycles. The van der Waals surface area contributed by atoms with Crippen LogP contribution in [-0.2, 0) is 0 Å². The van der Waals surface area contributed by atoms with Gasteiger partial charge in [0.05, 0.1) is 7.85 Å². The second-order valence-corrected chi connectivity index (χ2v) is 3.87. The molecule has 0 amide bonds. The fraction of sp³-hybridized carbons (Fsp3) is 1.00. The fourth-order valence-corrected chi connectivity index (χ4v) is 2.36. The van der Waals surface area contributed by atoms with E-state index in [-0.39, 0.29) is 0 Å². The second kappa shape index (κ2) is 3.66.